The van der Waals surface area contributed by atoms with Gasteiger partial charge in [0.15, 0.2) is 0 Å². The van der Waals surface area contributed by atoms with E-state index in [0.29, 0.717) is 0 Å². The molecule has 6 heteroatoms. The highest BCUT2D eigenvalue weighted by atomic mass is 32.2. The van der Waals surface area contributed by atoms with Gasteiger partial charge in [-0.05, 0) is 95.8 Å². The molecule has 0 spiro atoms. The monoisotopic (exact) mass is 511 g/mol. The molecule has 0 radical (unpaired) electrons. The average molecular weight is 511 g/mol. The summed E-state index contributed by atoms with van der Waals surface area (Å²) >= 11 is 1.81. The summed E-state index contributed by atoms with van der Waals surface area (Å²) in [5.74, 6) is 2.28. The molecule has 0 saturated carbocycles. The Bertz CT molecular complexity index is 1360. The van der Waals surface area contributed by atoms with Crippen molar-refractivity contribution in [1.29, 1.82) is 0 Å². The third-order valence-corrected chi connectivity index (χ3v) is 9.31. The Hall–Kier alpha value is -2.67. The minimum absolute atomic E-state index is 0.269. The molecule has 1 saturated heterocycles. The fourth-order valence-corrected chi connectivity index (χ4v) is 6.49. The van der Waals surface area contributed by atoms with Gasteiger partial charge in [0.2, 0.25) is 0 Å². The Kier molecular flexibility index (Phi) is 5.98. The van der Waals surface area contributed by atoms with Gasteiger partial charge >= 0.3 is 7.12 Å². The molecule has 190 valence electrons. The molecule has 1 aromatic carbocycles. The summed E-state index contributed by atoms with van der Waals surface area (Å²) in [4.78, 5) is 4.81. The number of rotatable bonds is 3. The van der Waals surface area contributed by atoms with Gasteiger partial charge in [-0.1, -0.05) is 48.2 Å². The molecule has 3 heterocycles. The van der Waals surface area contributed by atoms with Crippen LogP contribution in [0, 0.1) is 5.92 Å². The fraction of sp³-hybridized carbons (Fsp3) is 0.355. The Labute approximate surface area is 225 Å². The van der Waals surface area contributed by atoms with Crippen molar-refractivity contribution in [3.63, 3.8) is 0 Å². The van der Waals surface area contributed by atoms with Gasteiger partial charge in [0.25, 0.3) is 0 Å². The van der Waals surface area contributed by atoms with Crippen LogP contribution in [0.1, 0.15) is 54.4 Å². The van der Waals surface area contributed by atoms with Crippen molar-refractivity contribution in [3.05, 3.63) is 100 Å². The molecule has 1 unspecified atom stereocenters. The highest BCUT2D eigenvalue weighted by molar-refractivity contribution is 8.03. The summed E-state index contributed by atoms with van der Waals surface area (Å²) in [6.45, 7) is 12.6. The van der Waals surface area contributed by atoms with Crippen LogP contribution in [0.25, 0.3) is 0 Å². The molecular weight excluding hydrogens is 477 g/mol. The number of thioether (sulfide) groups is 1. The van der Waals surface area contributed by atoms with Gasteiger partial charge in [-0.25, -0.2) is 0 Å². The number of allylic oxidation sites excluding steroid dienone is 9. The normalized spacial score (nSPS) is 25.6. The van der Waals surface area contributed by atoms with Gasteiger partial charge in [-0.15, -0.1) is 0 Å². The van der Waals surface area contributed by atoms with Crippen LogP contribution in [0.15, 0.2) is 105 Å². The highest BCUT2D eigenvalue weighted by Crippen LogP contribution is 2.51. The van der Waals surface area contributed by atoms with E-state index in [-0.39, 0.29) is 17.1 Å². The Morgan fingerprint density at radius 1 is 1.11 bits per heavy atom. The molecule has 0 amide bonds. The largest absolute Gasteiger partial charge is 0.494 e. The summed E-state index contributed by atoms with van der Waals surface area (Å²) in [6, 6.07) is 6.60. The third kappa shape index (κ3) is 4.01. The van der Waals surface area contributed by atoms with E-state index in [1.165, 1.54) is 21.1 Å². The molecule has 2 aliphatic carbocycles. The molecule has 1 atom stereocenters. The van der Waals surface area contributed by atoms with Gasteiger partial charge in [0.05, 0.1) is 28.3 Å². The molecule has 6 rings (SSSR count). The lowest BCUT2D eigenvalue weighted by molar-refractivity contribution is 0.00578. The number of anilines is 1. The first kappa shape index (κ1) is 24.7. The third-order valence-electron chi connectivity index (χ3n) is 8.20. The molecule has 0 bridgehead atoms. The smallest absolute Gasteiger partial charge is 0.459 e. The van der Waals surface area contributed by atoms with Crippen molar-refractivity contribution in [2.24, 2.45) is 5.92 Å². The first-order valence-corrected chi connectivity index (χ1v) is 14.0. The lowest BCUT2D eigenvalue weighted by Crippen LogP contribution is -2.41. The first-order valence-electron chi connectivity index (χ1n) is 13.2. The van der Waals surface area contributed by atoms with E-state index in [0.717, 1.165) is 41.2 Å². The first-order chi connectivity index (χ1) is 17.7. The summed E-state index contributed by atoms with van der Waals surface area (Å²) in [6.07, 6.45) is 19.4. The molecule has 4 nitrogen and oxygen atoms in total. The van der Waals surface area contributed by atoms with Crippen LogP contribution < -0.4 is 10.4 Å². The minimum atomic E-state index is -0.390. The van der Waals surface area contributed by atoms with E-state index in [9.17, 15) is 0 Å². The molecule has 3 aliphatic heterocycles. The van der Waals surface area contributed by atoms with Gasteiger partial charge in [0, 0.05) is 15.7 Å². The SMILES string of the molecule is C/C=C\C1=C(C)C2CC=CC(N3C4=CCC=CC=C4Sc4cc(B5OC(C)(C)C(C)(C)O5)ccc43)=C2O1. The number of hydrogen-bond acceptors (Lipinski definition) is 5. The van der Waals surface area contributed by atoms with Gasteiger partial charge in [0.1, 0.15) is 11.5 Å². The van der Waals surface area contributed by atoms with Crippen molar-refractivity contribution < 1.29 is 14.0 Å². The second-order valence-electron chi connectivity index (χ2n) is 11.1. The van der Waals surface area contributed by atoms with Crippen molar-refractivity contribution >= 4 is 30.0 Å². The lowest BCUT2D eigenvalue weighted by Gasteiger charge is -2.37. The second kappa shape index (κ2) is 8.97. The summed E-state index contributed by atoms with van der Waals surface area (Å²) < 4.78 is 19.3. The van der Waals surface area contributed by atoms with Gasteiger partial charge in [-0.2, -0.15) is 0 Å². The maximum Gasteiger partial charge on any atom is 0.494 e. The molecule has 37 heavy (non-hydrogen) atoms. The molecule has 1 aromatic rings. The summed E-state index contributed by atoms with van der Waals surface area (Å²) in [5, 5.41) is 0. The van der Waals surface area contributed by atoms with E-state index in [1.54, 1.807) is 0 Å². The molecule has 5 aliphatic rings. The quantitative estimate of drug-likeness (QED) is 0.398. The number of hydrogen-bond donors (Lipinski definition) is 0. The second-order valence-corrected chi connectivity index (χ2v) is 12.2. The average Bonchev–Trinajstić information content (AvgIpc) is 3.15. The summed E-state index contributed by atoms with van der Waals surface area (Å²) in [5.41, 5.74) is 5.07. The van der Waals surface area contributed by atoms with E-state index < -0.39 is 7.12 Å². The van der Waals surface area contributed by atoms with E-state index in [2.05, 4.69) is 100 Å². The van der Waals surface area contributed by atoms with Crippen LogP contribution in [-0.2, 0) is 14.0 Å². The maximum absolute atomic E-state index is 6.53. The zero-order valence-corrected chi connectivity index (χ0v) is 23.3. The number of benzene rings is 1. The Morgan fingerprint density at radius 3 is 2.65 bits per heavy atom. The van der Waals surface area contributed by atoms with E-state index >= 15 is 0 Å². The van der Waals surface area contributed by atoms with Crippen molar-refractivity contribution in [2.45, 2.75) is 70.5 Å². The fourth-order valence-electron chi connectivity index (χ4n) is 5.37. The number of ether oxygens (including phenoxy) is 1. The molecule has 0 aromatic heterocycles. The van der Waals surface area contributed by atoms with Crippen molar-refractivity contribution in [1.82, 2.24) is 0 Å². The zero-order chi connectivity index (χ0) is 25.9. The minimum Gasteiger partial charge on any atom is -0.459 e. The van der Waals surface area contributed by atoms with Crippen LogP contribution in [0.2, 0.25) is 0 Å². The van der Waals surface area contributed by atoms with Crippen LogP contribution in [-0.4, -0.2) is 18.3 Å². The van der Waals surface area contributed by atoms with Crippen LogP contribution >= 0.6 is 11.8 Å². The van der Waals surface area contributed by atoms with Crippen LogP contribution in [0.4, 0.5) is 5.69 Å². The van der Waals surface area contributed by atoms with Crippen LogP contribution in [0.5, 0.6) is 0 Å². The Balaban J connectivity index is 1.46. The van der Waals surface area contributed by atoms with Crippen molar-refractivity contribution in [2.75, 3.05) is 4.90 Å². The number of nitrogens with zero attached hydrogens (tertiary/aromatic N) is 1. The van der Waals surface area contributed by atoms with Crippen LogP contribution in [0.3, 0.4) is 0 Å². The topological polar surface area (TPSA) is 30.9 Å². The molecule has 0 N–H and O–H groups in total. The molecule has 1 fully saturated rings. The van der Waals surface area contributed by atoms with Gasteiger partial charge in [-0.3, -0.25) is 0 Å². The van der Waals surface area contributed by atoms with E-state index in [1.807, 2.05) is 24.8 Å². The summed E-state index contributed by atoms with van der Waals surface area (Å²) in [7, 11) is -0.390. The maximum atomic E-state index is 6.53. The predicted octanol–water partition coefficient (Wildman–Crippen LogP) is 7.29. The molecular formula is C31H34BNO3S. The standard InChI is InChI=1S/C31H34BNO3S/c1-7-12-26-20(2)22-13-11-15-25(29(22)34-26)33-23-14-9-8-10-16-27(23)37-28-19-21(17-18-24(28)33)32-35-30(3,4)31(5,6)36-32/h7-8,10-12,14-19,22H,9,13H2,1-6H3/b12-7-. The van der Waals surface area contributed by atoms with Crippen molar-refractivity contribution in [3.8, 4) is 0 Å². The zero-order valence-electron chi connectivity index (χ0n) is 22.5. The highest BCUT2D eigenvalue weighted by Gasteiger charge is 2.52. The number of fused-ring (bicyclic) bond motifs is 3. The predicted molar refractivity (Wildman–Crippen MR) is 153 cm³/mol. The van der Waals surface area contributed by atoms with Gasteiger partial charge < -0.3 is 18.9 Å². The van der Waals surface area contributed by atoms with E-state index in [4.69, 9.17) is 14.0 Å². The Morgan fingerprint density at radius 2 is 1.89 bits per heavy atom. The lowest BCUT2D eigenvalue weighted by atomic mass is 9.79.